The predicted molar refractivity (Wildman–Crippen MR) is 73.3 cm³/mol. The molecule has 0 saturated carbocycles. The molecule has 0 bridgehead atoms. The largest absolute Gasteiger partial charge is 0.493 e. The first kappa shape index (κ1) is 13.8. The smallest absolute Gasteiger partial charge is 0.182 e. The molecule has 0 radical (unpaired) electrons. The number of pyridine rings is 1. The van der Waals surface area contributed by atoms with Crippen LogP contribution in [0, 0.1) is 11.3 Å². The number of methoxy groups -OCH3 is 2. The van der Waals surface area contributed by atoms with Crippen LogP contribution < -0.4 is 9.47 Å². The lowest BCUT2D eigenvalue weighted by molar-refractivity contribution is 0.231. The van der Waals surface area contributed by atoms with Gasteiger partial charge in [-0.15, -0.1) is 0 Å². The molecule has 5 heteroatoms. The Balaban J connectivity index is 2.44. The van der Waals surface area contributed by atoms with Crippen LogP contribution in [0.3, 0.4) is 0 Å². The van der Waals surface area contributed by atoms with E-state index >= 15 is 0 Å². The van der Waals surface area contributed by atoms with Gasteiger partial charge in [0.1, 0.15) is 6.07 Å². The summed E-state index contributed by atoms with van der Waals surface area (Å²) in [5.41, 5.74) is 1.78. The number of aliphatic hydroxyl groups is 1. The molecule has 1 N–H and O–H groups in total. The van der Waals surface area contributed by atoms with Gasteiger partial charge in [-0.25, -0.2) is 4.98 Å². The molecule has 1 heterocycles. The molecular weight excluding hydrogens is 256 g/mol. The fourth-order valence-corrected chi connectivity index (χ4v) is 1.83. The average molecular weight is 270 g/mol. The van der Waals surface area contributed by atoms with E-state index in [4.69, 9.17) is 14.7 Å². The van der Waals surface area contributed by atoms with Crippen LogP contribution in [0.5, 0.6) is 11.5 Å². The van der Waals surface area contributed by atoms with Crippen molar-refractivity contribution in [3.8, 4) is 28.8 Å². The van der Waals surface area contributed by atoms with Crippen molar-refractivity contribution in [3.05, 3.63) is 42.1 Å². The molecule has 0 saturated heterocycles. The molecular formula is C15H14N2O3. The number of nitrogens with zero attached hydrogens (tertiary/aromatic N) is 2. The zero-order valence-electron chi connectivity index (χ0n) is 11.2. The van der Waals surface area contributed by atoms with Crippen molar-refractivity contribution >= 4 is 0 Å². The Morgan fingerprint density at radius 2 is 1.90 bits per heavy atom. The molecule has 0 fully saturated rings. The quantitative estimate of drug-likeness (QED) is 0.863. The summed E-state index contributed by atoms with van der Waals surface area (Å²) in [6.45, 7) is 0. The number of aliphatic hydroxyl groups excluding tert-OH is 1. The maximum Gasteiger partial charge on any atom is 0.182 e. The first-order chi connectivity index (χ1) is 9.69. The van der Waals surface area contributed by atoms with Gasteiger partial charge < -0.3 is 14.6 Å². The summed E-state index contributed by atoms with van der Waals surface area (Å²) < 4.78 is 10.4. The fourth-order valence-electron chi connectivity index (χ4n) is 1.83. The van der Waals surface area contributed by atoms with Gasteiger partial charge in [-0.3, -0.25) is 0 Å². The monoisotopic (exact) mass is 270 g/mol. The zero-order valence-corrected chi connectivity index (χ0v) is 11.2. The van der Waals surface area contributed by atoms with E-state index in [1.165, 1.54) is 0 Å². The van der Waals surface area contributed by atoms with Crippen molar-refractivity contribution < 1.29 is 14.6 Å². The van der Waals surface area contributed by atoms with Crippen molar-refractivity contribution in [2.75, 3.05) is 14.2 Å². The van der Waals surface area contributed by atoms with E-state index in [1.54, 1.807) is 50.6 Å². The van der Waals surface area contributed by atoms with Crippen LogP contribution in [0.15, 0.2) is 36.4 Å². The van der Waals surface area contributed by atoms with Crippen molar-refractivity contribution in [3.63, 3.8) is 0 Å². The van der Waals surface area contributed by atoms with E-state index in [0.29, 0.717) is 22.9 Å². The lowest BCUT2D eigenvalue weighted by atomic mass is 10.1. The van der Waals surface area contributed by atoms with Crippen LogP contribution in [-0.4, -0.2) is 24.3 Å². The van der Waals surface area contributed by atoms with Crippen LogP contribution in [0.2, 0.25) is 0 Å². The van der Waals surface area contributed by atoms with Gasteiger partial charge in [-0.2, -0.15) is 5.26 Å². The highest BCUT2D eigenvalue weighted by molar-refractivity contribution is 5.64. The molecule has 102 valence electrons. The molecule has 0 spiro atoms. The lowest BCUT2D eigenvalue weighted by Crippen LogP contribution is -1.98. The minimum absolute atomic E-state index is 0.319. The fraction of sp³-hybridized carbons (Fsp3) is 0.200. The summed E-state index contributed by atoms with van der Waals surface area (Å²) in [6, 6.07) is 12.3. The third-order valence-corrected chi connectivity index (χ3v) is 2.85. The predicted octanol–water partition coefficient (Wildman–Crippen LogP) is 2.32. The second kappa shape index (κ2) is 6.04. The Morgan fingerprint density at radius 1 is 1.15 bits per heavy atom. The molecule has 1 aromatic carbocycles. The van der Waals surface area contributed by atoms with E-state index < -0.39 is 6.10 Å². The van der Waals surface area contributed by atoms with Crippen LogP contribution in [0.1, 0.15) is 11.8 Å². The average Bonchev–Trinajstić information content (AvgIpc) is 2.53. The summed E-state index contributed by atoms with van der Waals surface area (Å²) in [4.78, 5) is 4.28. The highest BCUT2D eigenvalue weighted by Crippen LogP contribution is 2.31. The van der Waals surface area contributed by atoms with Gasteiger partial charge in [0.2, 0.25) is 0 Å². The molecule has 20 heavy (non-hydrogen) atoms. The second-order valence-corrected chi connectivity index (χ2v) is 4.05. The molecule has 2 aromatic rings. The van der Waals surface area contributed by atoms with Crippen molar-refractivity contribution in [1.29, 1.82) is 5.26 Å². The van der Waals surface area contributed by atoms with Crippen LogP contribution in [0.25, 0.3) is 11.3 Å². The maximum atomic E-state index is 9.52. The number of nitriles is 1. The van der Waals surface area contributed by atoms with E-state index in [2.05, 4.69) is 4.98 Å². The molecule has 1 atom stereocenters. The molecule has 0 aliphatic heterocycles. The molecule has 0 amide bonds. The molecule has 1 unspecified atom stereocenters. The summed E-state index contributed by atoms with van der Waals surface area (Å²) in [5.74, 6) is 1.22. The third-order valence-electron chi connectivity index (χ3n) is 2.85. The Morgan fingerprint density at radius 3 is 2.55 bits per heavy atom. The molecule has 5 nitrogen and oxygen atoms in total. The van der Waals surface area contributed by atoms with Crippen LogP contribution in [-0.2, 0) is 0 Å². The Bertz CT molecular complexity index is 650. The van der Waals surface area contributed by atoms with Gasteiger partial charge in [-0.05, 0) is 30.3 Å². The SMILES string of the molecule is COc1ccc(-c2cccc(C(O)C#N)n2)cc1OC. The minimum atomic E-state index is -1.23. The minimum Gasteiger partial charge on any atom is -0.493 e. The standard InChI is InChI=1S/C15H14N2O3/c1-19-14-7-6-10(8-15(14)20-2)11-4-3-5-12(17-11)13(18)9-16/h3-8,13,18H,1-2H3. The Hall–Kier alpha value is -2.58. The summed E-state index contributed by atoms with van der Waals surface area (Å²) >= 11 is 0. The second-order valence-electron chi connectivity index (χ2n) is 4.05. The first-order valence-corrected chi connectivity index (χ1v) is 5.96. The van der Waals surface area contributed by atoms with Gasteiger partial charge in [0.15, 0.2) is 17.6 Å². The molecule has 0 aliphatic rings. The highest BCUT2D eigenvalue weighted by Gasteiger charge is 2.11. The molecule has 1 aromatic heterocycles. The Kier molecular flexibility index (Phi) is 4.18. The zero-order chi connectivity index (χ0) is 14.5. The first-order valence-electron chi connectivity index (χ1n) is 5.96. The van der Waals surface area contributed by atoms with Crippen LogP contribution in [0.4, 0.5) is 0 Å². The lowest BCUT2D eigenvalue weighted by Gasteiger charge is -2.10. The molecule has 0 aliphatic carbocycles. The maximum absolute atomic E-state index is 9.52. The topological polar surface area (TPSA) is 75.4 Å². The third kappa shape index (κ3) is 2.71. The summed E-state index contributed by atoms with van der Waals surface area (Å²) in [6.07, 6.45) is -1.23. The number of rotatable bonds is 4. The normalized spacial score (nSPS) is 11.5. The number of ether oxygens (including phenoxy) is 2. The molecule has 2 rings (SSSR count). The summed E-state index contributed by atoms with van der Waals surface area (Å²) in [5, 5.41) is 18.2. The number of hydrogen-bond acceptors (Lipinski definition) is 5. The van der Waals surface area contributed by atoms with Gasteiger partial charge in [0.05, 0.1) is 25.6 Å². The Labute approximate surface area is 117 Å². The van der Waals surface area contributed by atoms with Gasteiger partial charge in [0.25, 0.3) is 0 Å². The summed E-state index contributed by atoms with van der Waals surface area (Å²) in [7, 11) is 3.13. The van der Waals surface area contributed by atoms with Gasteiger partial charge in [-0.1, -0.05) is 6.07 Å². The van der Waals surface area contributed by atoms with E-state index in [1.807, 2.05) is 6.07 Å². The van der Waals surface area contributed by atoms with Crippen molar-refractivity contribution in [2.24, 2.45) is 0 Å². The van der Waals surface area contributed by atoms with E-state index in [-0.39, 0.29) is 0 Å². The van der Waals surface area contributed by atoms with E-state index in [9.17, 15) is 5.11 Å². The van der Waals surface area contributed by atoms with E-state index in [0.717, 1.165) is 5.56 Å². The van der Waals surface area contributed by atoms with Gasteiger partial charge >= 0.3 is 0 Å². The van der Waals surface area contributed by atoms with Gasteiger partial charge in [0, 0.05) is 5.56 Å². The number of hydrogen-bond donors (Lipinski definition) is 1. The highest BCUT2D eigenvalue weighted by atomic mass is 16.5. The number of aromatic nitrogens is 1. The van der Waals surface area contributed by atoms with Crippen LogP contribution >= 0.6 is 0 Å². The van der Waals surface area contributed by atoms with Crippen molar-refractivity contribution in [2.45, 2.75) is 6.10 Å². The number of benzene rings is 1. The van der Waals surface area contributed by atoms with Crippen molar-refractivity contribution in [1.82, 2.24) is 4.98 Å².